The van der Waals surface area contributed by atoms with Gasteiger partial charge in [-0.1, -0.05) is 43.7 Å². The number of benzene rings is 2. The summed E-state index contributed by atoms with van der Waals surface area (Å²) in [6.07, 6.45) is 4.89. The number of rotatable bonds is 8. The summed E-state index contributed by atoms with van der Waals surface area (Å²) in [6, 6.07) is 13.0. The molecule has 4 amide bonds. The fraction of sp³-hybridized carbons (Fsp3) is 0.280. The number of urea groups is 1. The van der Waals surface area contributed by atoms with E-state index in [1.54, 1.807) is 23.6 Å². The zero-order valence-electron chi connectivity index (χ0n) is 18.3. The van der Waals surface area contributed by atoms with Crippen LogP contribution in [0, 0.1) is 5.82 Å². The van der Waals surface area contributed by atoms with Crippen LogP contribution in [0.25, 0.3) is 0 Å². The third kappa shape index (κ3) is 5.06. The van der Waals surface area contributed by atoms with Crippen molar-refractivity contribution < 1.29 is 23.3 Å². The Balaban J connectivity index is 1.50. The molecular formula is C25H25FN3O3S+. The first-order valence-electron chi connectivity index (χ1n) is 10.9. The van der Waals surface area contributed by atoms with Gasteiger partial charge in [-0.2, -0.15) is 14.3 Å². The molecule has 8 heteroatoms. The minimum absolute atomic E-state index is 0.188. The number of fused-ring (bicyclic) bond motifs is 1. The van der Waals surface area contributed by atoms with E-state index in [1.165, 1.54) is 34.0 Å². The summed E-state index contributed by atoms with van der Waals surface area (Å²) in [4.78, 5) is 39.9. The fourth-order valence-corrected chi connectivity index (χ4v) is 4.80. The number of imide groups is 1. The van der Waals surface area contributed by atoms with Crippen LogP contribution in [0.5, 0.6) is 0 Å². The summed E-state index contributed by atoms with van der Waals surface area (Å²) in [5.41, 5.74) is 2.56. The Bertz CT molecular complexity index is 1140. The molecule has 1 unspecified atom stereocenters. The standard InChI is InChI=1S/C25H24FN3O3S/c1-2-3-6-17-9-11-19(12-10-17)27-22(30)16-28-21-13-14-33-23(21)24(31)29(25(28)32)15-18-7-4-5-8-20(18)26/h4-5,7-14,23H,2-3,6,15-16H2,1H3/p+1. The highest BCUT2D eigenvalue weighted by atomic mass is 32.2. The minimum Gasteiger partial charge on any atom is -0.323 e. The number of nitrogens with one attached hydrogen (secondary N) is 1. The number of hydrogen-bond acceptors (Lipinski definition) is 4. The predicted octanol–water partition coefficient (Wildman–Crippen LogP) is 4.35. The van der Waals surface area contributed by atoms with Crippen LogP contribution in [-0.4, -0.2) is 44.8 Å². The molecule has 0 saturated heterocycles. The molecule has 0 radical (unpaired) electrons. The Morgan fingerprint density at radius 3 is 2.64 bits per heavy atom. The lowest BCUT2D eigenvalue weighted by atomic mass is 10.1. The lowest BCUT2D eigenvalue weighted by Crippen LogP contribution is -2.55. The van der Waals surface area contributed by atoms with Gasteiger partial charge >= 0.3 is 11.9 Å². The molecule has 33 heavy (non-hydrogen) atoms. The molecule has 0 aliphatic carbocycles. The van der Waals surface area contributed by atoms with Gasteiger partial charge in [-0.15, -0.1) is 11.8 Å². The van der Waals surface area contributed by atoms with Crippen LogP contribution in [0.2, 0.25) is 0 Å². The van der Waals surface area contributed by atoms with Crippen LogP contribution >= 0.6 is 11.8 Å². The van der Waals surface area contributed by atoms with E-state index in [4.69, 9.17) is 0 Å². The van der Waals surface area contributed by atoms with Crippen LogP contribution in [-0.2, 0) is 22.6 Å². The Labute approximate surface area is 196 Å². The first kappa shape index (κ1) is 22.9. The van der Waals surface area contributed by atoms with E-state index in [0.717, 1.165) is 24.2 Å². The molecule has 0 saturated carbocycles. The molecule has 170 valence electrons. The first-order chi connectivity index (χ1) is 16.0. The van der Waals surface area contributed by atoms with E-state index in [9.17, 15) is 18.8 Å². The Morgan fingerprint density at radius 1 is 1.15 bits per heavy atom. The topological polar surface area (TPSA) is 69.5 Å². The number of halogens is 1. The van der Waals surface area contributed by atoms with Crippen molar-refractivity contribution in [1.29, 1.82) is 0 Å². The second kappa shape index (κ2) is 10.1. The van der Waals surface area contributed by atoms with Gasteiger partial charge < -0.3 is 5.32 Å². The largest absolute Gasteiger partial charge is 0.501 e. The summed E-state index contributed by atoms with van der Waals surface area (Å²) in [5.74, 6) is -1.27. The van der Waals surface area contributed by atoms with Gasteiger partial charge in [-0.25, -0.2) is 9.18 Å². The van der Waals surface area contributed by atoms with Crippen molar-refractivity contribution in [3.05, 3.63) is 77.0 Å². The van der Waals surface area contributed by atoms with Crippen LogP contribution < -0.4 is 5.32 Å². The number of anilines is 1. The van der Waals surface area contributed by atoms with Gasteiger partial charge in [-0.3, -0.25) is 4.79 Å². The zero-order valence-corrected chi connectivity index (χ0v) is 19.1. The molecule has 0 spiro atoms. The van der Waals surface area contributed by atoms with Crippen molar-refractivity contribution in [3.8, 4) is 0 Å². The number of allylic oxidation sites excluding steroid dienone is 1. The maximum atomic E-state index is 14.2. The highest BCUT2D eigenvalue weighted by Crippen LogP contribution is 2.29. The van der Waals surface area contributed by atoms with Crippen LogP contribution in [0.3, 0.4) is 0 Å². The van der Waals surface area contributed by atoms with E-state index in [0.29, 0.717) is 11.4 Å². The molecule has 2 aliphatic rings. The average molecular weight is 467 g/mol. The number of carbonyl (C=O) groups is 3. The smallest absolute Gasteiger partial charge is 0.323 e. The van der Waals surface area contributed by atoms with Crippen LogP contribution in [0.15, 0.2) is 60.0 Å². The van der Waals surface area contributed by atoms with Crippen molar-refractivity contribution >= 4 is 41.0 Å². The van der Waals surface area contributed by atoms with Gasteiger partial charge in [0, 0.05) is 11.3 Å². The molecule has 2 aromatic carbocycles. The number of carbonyl (C=O) groups excluding carboxylic acids is 3. The number of nitrogens with zero attached hydrogens (tertiary/aromatic N) is 2. The zero-order chi connectivity index (χ0) is 23.4. The maximum absolute atomic E-state index is 14.2. The van der Waals surface area contributed by atoms with Crippen molar-refractivity contribution in [1.82, 2.24) is 4.90 Å². The van der Waals surface area contributed by atoms with Crippen LogP contribution in [0.4, 0.5) is 14.9 Å². The summed E-state index contributed by atoms with van der Waals surface area (Å²) < 4.78 is 15.5. The number of amides is 4. The highest BCUT2D eigenvalue weighted by molar-refractivity contribution is 8.04. The molecule has 6 nitrogen and oxygen atoms in total. The molecule has 2 aromatic rings. The molecule has 0 bridgehead atoms. The summed E-state index contributed by atoms with van der Waals surface area (Å²) in [7, 11) is 0. The van der Waals surface area contributed by atoms with Crippen molar-refractivity contribution in [3.63, 3.8) is 0 Å². The predicted molar refractivity (Wildman–Crippen MR) is 127 cm³/mol. The third-order valence-corrected chi connectivity index (χ3v) is 6.64. The van der Waals surface area contributed by atoms with Crippen molar-refractivity contribution in [2.75, 3.05) is 11.9 Å². The first-order valence-corrected chi connectivity index (χ1v) is 11.9. The second-order valence-electron chi connectivity index (χ2n) is 7.98. The summed E-state index contributed by atoms with van der Waals surface area (Å²) in [6.45, 7) is 1.71. The summed E-state index contributed by atoms with van der Waals surface area (Å²) in [5, 5.41) is 3.93. The summed E-state index contributed by atoms with van der Waals surface area (Å²) >= 11 is 1.27. The van der Waals surface area contributed by atoms with E-state index >= 15 is 0 Å². The molecule has 2 aliphatic heterocycles. The van der Waals surface area contributed by atoms with E-state index in [1.807, 2.05) is 24.3 Å². The molecule has 1 atom stereocenters. The van der Waals surface area contributed by atoms with E-state index in [2.05, 4.69) is 12.2 Å². The van der Waals surface area contributed by atoms with E-state index < -0.39 is 23.0 Å². The lowest BCUT2D eigenvalue weighted by molar-refractivity contribution is -0.426. The van der Waals surface area contributed by atoms with Gasteiger partial charge in [0.1, 0.15) is 18.1 Å². The third-order valence-electron chi connectivity index (χ3n) is 5.63. The van der Waals surface area contributed by atoms with Gasteiger partial charge in [0.2, 0.25) is 0 Å². The number of hydrogen-bond donors (Lipinski definition) is 1. The van der Waals surface area contributed by atoms with Gasteiger partial charge in [0.15, 0.2) is 11.8 Å². The normalized spacial score (nSPS) is 17.5. The number of thioether (sulfide) groups is 1. The molecule has 0 fully saturated rings. The van der Waals surface area contributed by atoms with Crippen molar-refractivity contribution in [2.24, 2.45) is 0 Å². The van der Waals surface area contributed by atoms with Crippen LogP contribution in [0.1, 0.15) is 30.9 Å². The quantitative estimate of drug-likeness (QED) is 0.588. The molecule has 0 aromatic heterocycles. The minimum atomic E-state index is -0.633. The number of aryl methyl sites for hydroxylation is 1. The Kier molecular flexibility index (Phi) is 7.03. The molecular weight excluding hydrogens is 441 g/mol. The average Bonchev–Trinajstić information content (AvgIpc) is 3.30. The molecule has 2 heterocycles. The van der Waals surface area contributed by atoms with Gasteiger partial charge in [0.05, 0.1) is 0 Å². The Morgan fingerprint density at radius 2 is 1.91 bits per heavy atom. The highest BCUT2D eigenvalue weighted by Gasteiger charge is 2.49. The fourth-order valence-electron chi connectivity index (χ4n) is 3.83. The van der Waals surface area contributed by atoms with Crippen molar-refractivity contribution in [2.45, 2.75) is 38.0 Å². The monoisotopic (exact) mass is 466 g/mol. The lowest BCUT2D eigenvalue weighted by Gasteiger charge is -2.24. The molecule has 4 rings (SSSR count). The van der Waals surface area contributed by atoms with Gasteiger partial charge in [-0.05, 0) is 48.1 Å². The second-order valence-corrected chi connectivity index (χ2v) is 8.99. The SMILES string of the molecule is CCCCc1ccc(NC(=O)C[N+]2=C3C=CSC3C(=O)N(Cc3ccccc3F)C2=O)cc1. The van der Waals surface area contributed by atoms with Gasteiger partial charge in [0.25, 0.3) is 5.91 Å². The maximum Gasteiger partial charge on any atom is 0.501 e. The van der Waals surface area contributed by atoms with E-state index in [-0.39, 0.29) is 24.6 Å². The number of unbranched alkanes of at least 4 members (excludes halogenated alkanes) is 1. The molecule has 1 N–H and O–H groups in total. The Hall–Kier alpha value is -3.26.